The highest BCUT2D eigenvalue weighted by molar-refractivity contribution is 6.33. The Hall–Kier alpha value is -1.81. The Morgan fingerprint density at radius 3 is 2.67 bits per heavy atom. The molecule has 0 bridgehead atoms. The molecule has 1 heterocycles. The summed E-state index contributed by atoms with van der Waals surface area (Å²) in [5.74, 6) is -1.16. The molecule has 0 aliphatic heterocycles. The van der Waals surface area contributed by atoms with E-state index in [9.17, 15) is 9.59 Å². The predicted molar refractivity (Wildman–Crippen MR) is 56.0 cm³/mol. The van der Waals surface area contributed by atoms with E-state index < -0.39 is 11.3 Å². The van der Waals surface area contributed by atoms with Crippen molar-refractivity contribution in [2.45, 2.75) is 0 Å². The molecule has 0 atom stereocenters. The maximum absolute atomic E-state index is 11.7. The standard InChI is InChI=1S/C10H6ClNO3/c11-7-8(13)5-3-1-2-4-6(5)15-9(7)10(12)14/h1-4H,(H2,12,14). The number of rotatable bonds is 1. The minimum atomic E-state index is -0.858. The molecular weight excluding hydrogens is 218 g/mol. The average Bonchev–Trinajstić information content (AvgIpc) is 2.23. The van der Waals surface area contributed by atoms with Gasteiger partial charge in [-0.15, -0.1) is 0 Å². The maximum atomic E-state index is 11.7. The zero-order valence-corrected chi connectivity index (χ0v) is 8.25. The van der Waals surface area contributed by atoms with Gasteiger partial charge >= 0.3 is 0 Å². The van der Waals surface area contributed by atoms with Crippen LogP contribution in [0.1, 0.15) is 10.6 Å². The van der Waals surface area contributed by atoms with E-state index >= 15 is 0 Å². The molecule has 0 spiro atoms. The Morgan fingerprint density at radius 2 is 2.00 bits per heavy atom. The summed E-state index contributed by atoms with van der Waals surface area (Å²) < 4.78 is 5.13. The number of hydrogen-bond acceptors (Lipinski definition) is 3. The number of nitrogens with two attached hydrogens (primary N) is 1. The van der Waals surface area contributed by atoms with Crippen LogP contribution in [0, 0.1) is 0 Å². The molecular formula is C10H6ClNO3. The van der Waals surface area contributed by atoms with Gasteiger partial charge in [0.05, 0.1) is 5.39 Å². The van der Waals surface area contributed by atoms with E-state index in [1.807, 2.05) is 0 Å². The lowest BCUT2D eigenvalue weighted by Gasteiger charge is -2.01. The molecule has 1 aromatic heterocycles. The predicted octanol–water partition coefficient (Wildman–Crippen LogP) is 1.55. The zero-order valence-electron chi connectivity index (χ0n) is 7.49. The average molecular weight is 224 g/mol. The van der Waals surface area contributed by atoms with Crippen molar-refractivity contribution < 1.29 is 9.21 Å². The zero-order chi connectivity index (χ0) is 11.0. The summed E-state index contributed by atoms with van der Waals surface area (Å²) in [7, 11) is 0. The summed E-state index contributed by atoms with van der Waals surface area (Å²) in [4.78, 5) is 22.6. The minimum Gasteiger partial charge on any atom is -0.449 e. The lowest BCUT2D eigenvalue weighted by atomic mass is 10.2. The number of primary amides is 1. The molecule has 0 saturated heterocycles. The van der Waals surface area contributed by atoms with Crippen LogP contribution in [-0.2, 0) is 0 Å². The fourth-order valence-electron chi connectivity index (χ4n) is 1.28. The molecule has 4 nitrogen and oxygen atoms in total. The van der Waals surface area contributed by atoms with Crippen LogP contribution < -0.4 is 11.2 Å². The normalized spacial score (nSPS) is 10.5. The number of carbonyl (C=O) groups is 1. The smallest absolute Gasteiger partial charge is 0.286 e. The van der Waals surface area contributed by atoms with Gasteiger partial charge in [0.25, 0.3) is 5.91 Å². The van der Waals surface area contributed by atoms with Crippen LogP contribution in [0.2, 0.25) is 5.02 Å². The van der Waals surface area contributed by atoms with Crippen molar-refractivity contribution in [2.75, 3.05) is 0 Å². The Balaban J connectivity index is 2.95. The molecule has 0 saturated carbocycles. The van der Waals surface area contributed by atoms with Crippen LogP contribution in [0.15, 0.2) is 33.5 Å². The molecule has 5 heteroatoms. The first-order valence-corrected chi connectivity index (χ1v) is 4.50. The molecule has 1 amide bonds. The van der Waals surface area contributed by atoms with Crippen molar-refractivity contribution in [1.29, 1.82) is 0 Å². The number of benzene rings is 1. The molecule has 0 fully saturated rings. The summed E-state index contributed by atoms with van der Waals surface area (Å²) in [6.07, 6.45) is 0. The van der Waals surface area contributed by atoms with Crippen molar-refractivity contribution in [3.8, 4) is 0 Å². The van der Waals surface area contributed by atoms with Gasteiger partial charge < -0.3 is 10.2 Å². The third-order valence-electron chi connectivity index (χ3n) is 1.97. The van der Waals surface area contributed by atoms with Gasteiger partial charge in [0.2, 0.25) is 11.2 Å². The molecule has 2 rings (SSSR count). The van der Waals surface area contributed by atoms with E-state index in [-0.39, 0.29) is 10.8 Å². The molecule has 15 heavy (non-hydrogen) atoms. The number of fused-ring (bicyclic) bond motifs is 1. The monoisotopic (exact) mass is 223 g/mol. The Morgan fingerprint density at radius 1 is 1.33 bits per heavy atom. The fourth-order valence-corrected chi connectivity index (χ4v) is 1.51. The summed E-state index contributed by atoms with van der Waals surface area (Å²) in [5, 5.41) is 0.0497. The Labute approximate surface area is 89.2 Å². The van der Waals surface area contributed by atoms with Crippen molar-refractivity contribution in [1.82, 2.24) is 0 Å². The van der Waals surface area contributed by atoms with Gasteiger partial charge in [-0.3, -0.25) is 9.59 Å². The molecule has 0 aliphatic rings. The van der Waals surface area contributed by atoms with Crippen LogP contribution >= 0.6 is 11.6 Å². The lowest BCUT2D eigenvalue weighted by Crippen LogP contribution is -2.16. The van der Waals surface area contributed by atoms with E-state index in [2.05, 4.69) is 0 Å². The van der Waals surface area contributed by atoms with Crippen molar-refractivity contribution >= 4 is 28.5 Å². The van der Waals surface area contributed by atoms with Gasteiger partial charge in [0, 0.05) is 0 Å². The van der Waals surface area contributed by atoms with Crippen molar-refractivity contribution in [2.24, 2.45) is 5.73 Å². The van der Waals surface area contributed by atoms with Gasteiger partial charge in [-0.2, -0.15) is 0 Å². The Kier molecular flexibility index (Phi) is 2.21. The van der Waals surface area contributed by atoms with E-state index in [4.69, 9.17) is 21.8 Å². The van der Waals surface area contributed by atoms with Crippen molar-refractivity contribution in [3.05, 3.63) is 45.3 Å². The van der Waals surface area contributed by atoms with Crippen LogP contribution in [0.4, 0.5) is 0 Å². The second-order valence-electron chi connectivity index (χ2n) is 2.93. The maximum Gasteiger partial charge on any atom is 0.286 e. The summed E-state index contributed by atoms with van der Waals surface area (Å²) >= 11 is 5.66. The van der Waals surface area contributed by atoms with Crippen LogP contribution in [0.5, 0.6) is 0 Å². The van der Waals surface area contributed by atoms with Crippen LogP contribution in [0.3, 0.4) is 0 Å². The quantitative estimate of drug-likeness (QED) is 0.797. The van der Waals surface area contributed by atoms with Gasteiger partial charge in [-0.1, -0.05) is 23.7 Å². The number of hydrogen-bond donors (Lipinski definition) is 1. The minimum absolute atomic E-state index is 0.277. The van der Waals surface area contributed by atoms with Crippen LogP contribution in [0.25, 0.3) is 11.0 Å². The number of carbonyl (C=O) groups excluding carboxylic acids is 1. The molecule has 2 N–H and O–H groups in total. The highest BCUT2D eigenvalue weighted by Crippen LogP contribution is 2.18. The number of para-hydroxylation sites is 1. The first kappa shape index (κ1) is 9.73. The topological polar surface area (TPSA) is 73.3 Å². The third kappa shape index (κ3) is 1.49. The van der Waals surface area contributed by atoms with Gasteiger partial charge in [-0.05, 0) is 12.1 Å². The molecule has 0 aliphatic carbocycles. The van der Waals surface area contributed by atoms with Crippen molar-refractivity contribution in [3.63, 3.8) is 0 Å². The van der Waals surface area contributed by atoms with E-state index in [0.717, 1.165) is 0 Å². The summed E-state index contributed by atoms with van der Waals surface area (Å²) in [5.41, 5.74) is 4.86. The third-order valence-corrected chi connectivity index (χ3v) is 2.31. The molecule has 76 valence electrons. The Bertz CT molecular complexity index is 603. The highest BCUT2D eigenvalue weighted by atomic mass is 35.5. The van der Waals surface area contributed by atoms with E-state index in [1.54, 1.807) is 24.3 Å². The molecule has 0 unspecified atom stereocenters. The summed E-state index contributed by atoms with van der Waals surface area (Å²) in [6.45, 7) is 0. The molecule has 2 aromatic rings. The molecule has 1 aromatic carbocycles. The van der Waals surface area contributed by atoms with Gasteiger partial charge in [0.15, 0.2) is 0 Å². The van der Waals surface area contributed by atoms with E-state index in [0.29, 0.717) is 11.0 Å². The fraction of sp³-hybridized carbons (Fsp3) is 0. The first-order chi connectivity index (χ1) is 7.11. The highest BCUT2D eigenvalue weighted by Gasteiger charge is 2.15. The summed E-state index contributed by atoms with van der Waals surface area (Å²) in [6, 6.07) is 6.50. The number of amides is 1. The second kappa shape index (κ2) is 3.40. The first-order valence-electron chi connectivity index (χ1n) is 4.12. The SMILES string of the molecule is NC(=O)c1oc2ccccc2c(=O)c1Cl. The van der Waals surface area contributed by atoms with Crippen LogP contribution in [-0.4, -0.2) is 5.91 Å². The largest absolute Gasteiger partial charge is 0.449 e. The number of halogens is 1. The molecule has 0 radical (unpaired) electrons. The lowest BCUT2D eigenvalue weighted by molar-refractivity contribution is 0.0974. The second-order valence-corrected chi connectivity index (χ2v) is 3.31. The van der Waals surface area contributed by atoms with Gasteiger partial charge in [-0.25, -0.2) is 0 Å². The van der Waals surface area contributed by atoms with Gasteiger partial charge in [0.1, 0.15) is 10.6 Å². The van der Waals surface area contributed by atoms with E-state index in [1.165, 1.54) is 0 Å².